The van der Waals surface area contributed by atoms with Gasteiger partial charge in [-0.3, -0.25) is 10.1 Å². The van der Waals surface area contributed by atoms with Crippen LogP contribution in [0.1, 0.15) is 11.3 Å². The van der Waals surface area contributed by atoms with Gasteiger partial charge in [-0.1, -0.05) is 6.07 Å². The molecule has 2 aromatic rings. The lowest BCUT2D eigenvalue weighted by Crippen LogP contribution is -2.00. The Morgan fingerprint density at radius 3 is 2.78 bits per heavy atom. The van der Waals surface area contributed by atoms with Gasteiger partial charge in [-0.2, -0.15) is 0 Å². The lowest BCUT2D eigenvalue weighted by molar-refractivity contribution is -0.384. The number of hydrogen-bond donors (Lipinski definition) is 1. The Balaban J connectivity index is 2.25. The van der Waals surface area contributed by atoms with Gasteiger partial charge in [0.1, 0.15) is 0 Å². The molecule has 0 bridgehead atoms. The van der Waals surface area contributed by atoms with E-state index in [0.29, 0.717) is 11.6 Å². The van der Waals surface area contributed by atoms with E-state index in [4.69, 9.17) is 0 Å². The fourth-order valence-corrected chi connectivity index (χ4v) is 1.41. The maximum Gasteiger partial charge on any atom is 0.271 e. The number of nitro benzene ring substituents is 1. The summed E-state index contributed by atoms with van der Waals surface area (Å²) >= 11 is 0. The third-order valence-corrected chi connectivity index (χ3v) is 2.54. The quantitative estimate of drug-likeness (QED) is 0.663. The molecule has 0 amide bonds. The van der Waals surface area contributed by atoms with Gasteiger partial charge in [0.15, 0.2) is 0 Å². The van der Waals surface area contributed by atoms with Crippen LogP contribution in [0.3, 0.4) is 0 Å². The number of rotatable bonds is 3. The zero-order valence-corrected chi connectivity index (χ0v) is 10.0. The molecule has 6 heteroatoms. The minimum absolute atomic E-state index is 0.0313. The zero-order valence-electron chi connectivity index (χ0n) is 10.0. The number of hydrogen-bond acceptors (Lipinski definition) is 5. The van der Waals surface area contributed by atoms with Crippen LogP contribution >= 0.6 is 0 Å². The highest BCUT2D eigenvalue weighted by Crippen LogP contribution is 2.19. The normalized spacial score (nSPS) is 10.1. The van der Waals surface area contributed by atoms with Gasteiger partial charge in [0.05, 0.1) is 4.92 Å². The van der Waals surface area contributed by atoms with Crippen LogP contribution < -0.4 is 5.32 Å². The molecular weight excluding hydrogens is 232 g/mol. The van der Waals surface area contributed by atoms with Gasteiger partial charge < -0.3 is 5.32 Å². The third kappa shape index (κ3) is 2.60. The van der Waals surface area contributed by atoms with Crippen molar-refractivity contribution in [1.29, 1.82) is 0 Å². The average molecular weight is 244 g/mol. The van der Waals surface area contributed by atoms with E-state index in [1.54, 1.807) is 18.3 Å². The summed E-state index contributed by atoms with van der Waals surface area (Å²) in [7, 11) is 0. The molecule has 1 aromatic heterocycles. The lowest BCUT2D eigenvalue weighted by atomic mass is 10.3. The second kappa shape index (κ2) is 4.79. The van der Waals surface area contributed by atoms with E-state index in [-0.39, 0.29) is 5.69 Å². The number of non-ortho nitro benzene ring substituents is 1. The minimum atomic E-state index is -0.438. The summed E-state index contributed by atoms with van der Waals surface area (Å²) in [6.45, 7) is 3.81. The summed E-state index contributed by atoms with van der Waals surface area (Å²) in [6.07, 6.45) is 1.71. The Labute approximate surface area is 104 Å². The van der Waals surface area contributed by atoms with Crippen molar-refractivity contribution >= 4 is 17.3 Å². The van der Waals surface area contributed by atoms with Crippen molar-refractivity contribution in [2.75, 3.05) is 5.32 Å². The Bertz CT molecular complexity index is 598. The van der Waals surface area contributed by atoms with Gasteiger partial charge in [0.2, 0.25) is 5.95 Å². The van der Waals surface area contributed by atoms with E-state index in [2.05, 4.69) is 15.3 Å². The molecule has 0 fully saturated rings. The maximum atomic E-state index is 10.7. The largest absolute Gasteiger partial charge is 0.324 e. The topological polar surface area (TPSA) is 81.0 Å². The summed E-state index contributed by atoms with van der Waals surface area (Å²) in [5.41, 5.74) is 2.49. The van der Waals surface area contributed by atoms with Crippen LogP contribution in [0.5, 0.6) is 0 Å². The fourth-order valence-electron chi connectivity index (χ4n) is 1.41. The predicted octanol–water partition coefficient (Wildman–Crippen LogP) is 2.75. The minimum Gasteiger partial charge on any atom is -0.324 e. The number of nitro groups is 1. The Morgan fingerprint density at radius 1 is 1.33 bits per heavy atom. The lowest BCUT2D eigenvalue weighted by Gasteiger charge is -2.06. The highest BCUT2D eigenvalue weighted by atomic mass is 16.6. The molecule has 0 aliphatic rings. The Hall–Kier alpha value is -2.50. The van der Waals surface area contributed by atoms with Gasteiger partial charge in [0, 0.05) is 29.7 Å². The van der Waals surface area contributed by atoms with Crippen LogP contribution in [0.4, 0.5) is 17.3 Å². The number of aryl methyl sites for hydroxylation is 2. The molecule has 0 radical (unpaired) electrons. The molecule has 0 aliphatic carbocycles. The average Bonchev–Trinajstić information content (AvgIpc) is 2.34. The first-order valence-electron chi connectivity index (χ1n) is 5.38. The monoisotopic (exact) mass is 244 g/mol. The summed E-state index contributed by atoms with van der Waals surface area (Å²) in [4.78, 5) is 18.6. The van der Waals surface area contributed by atoms with Crippen LogP contribution in [0.25, 0.3) is 0 Å². The second-order valence-corrected chi connectivity index (χ2v) is 3.89. The molecule has 2 rings (SSSR count). The third-order valence-electron chi connectivity index (χ3n) is 2.54. The number of benzene rings is 1. The highest BCUT2D eigenvalue weighted by molar-refractivity contribution is 5.57. The summed E-state index contributed by atoms with van der Waals surface area (Å²) in [5, 5.41) is 13.6. The maximum absolute atomic E-state index is 10.7. The van der Waals surface area contributed by atoms with Gasteiger partial charge in [-0.25, -0.2) is 9.97 Å². The van der Waals surface area contributed by atoms with Gasteiger partial charge >= 0.3 is 0 Å². The molecule has 1 aromatic carbocycles. The number of anilines is 2. The second-order valence-electron chi connectivity index (χ2n) is 3.89. The van der Waals surface area contributed by atoms with Crippen molar-refractivity contribution < 1.29 is 4.92 Å². The van der Waals surface area contributed by atoms with Crippen molar-refractivity contribution in [2.24, 2.45) is 0 Å². The van der Waals surface area contributed by atoms with E-state index >= 15 is 0 Å². The number of nitrogens with one attached hydrogen (secondary N) is 1. The molecule has 18 heavy (non-hydrogen) atoms. The van der Waals surface area contributed by atoms with Crippen molar-refractivity contribution in [3.63, 3.8) is 0 Å². The van der Waals surface area contributed by atoms with Crippen LogP contribution in [-0.2, 0) is 0 Å². The first-order chi connectivity index (χ1) is 8.56. The fraction of sp³-hybridized carbons (Fsp3) is 0.167. The molecular formula is C12H12N4O2. The van der Waals surface area contributed by atoms with Crippen molar-refractivity contribution in [2.45, 2.75) is 13.8 Å². The van der Waals surface area contributed by atoms with Crippen LogP contribution in [0.2, 0.25) is 0 Å². The Morgan fingerprint density at radius 2 is 2.11 bits per heavy atom. The molecule has 0 atom stereocenters. The SMILES string of the molecule is Cc1cnc(Nc2cccc([N+](=O)[O-])c2)nc1C. The van der Waals surface area contributed by atoms with Crippen molar-refractivity contribution in [3.8, 4) is 0 Å². The van der Waals surface area contributed by atoms with E-state index in [9.17, 15) is 10.1 Å². The molecule has 0 spiro atoms. The summed E-state index contributed by atoms with van der Waals surface area (Å²) in [6, 6.07) is 6.22. The van der Waals surface area contributed by atoms with Crippen molar-refractivity contribution in [1.82, 2.24) is 9.97 Å². The number of aromatic nitrogens is 2. The smallest absolute Gasteiger partial charge is 0.271 e. The molecule has 1 N–H and O–H groups in total. The van der Waals surface area contributed by atoms with Gasteiger partial charge in [-0.05, 0) is 25.5 Å². The molecule has 0 aliphatic heterocycles. The van der Waals surface area contributed by atoms with Gasteiger partial charge in [-0.15, -0.1) is 0 Å². The van der Waals surface area contributed by atoms with E-state index in [0.717, 1.165) is 11.3 Å². The first kappa shape index (κ1) is 12.0. The van der Waals surface area contributed by atoms with Crippen LogP contribution in [-0.4, -0.2) is 14.9 Å². The van der Waals surface area contributed by atoms with E-state index < -0.39 is 4.92 Å². The Kier molecular flexibility index (Phi) is 3.18. The molecule has 0 saturated heterocycles. The first-order valence-corrected chi connectivity index (χ1v) is 5.38. The summed E-state index contributed by atoms with van der Waals surface area (Å²) < 4.78 is 0. The molecule has 92 valence electrons. The molecule has 1 heterocycles. The van der Waals surface area contributed by atoms with Crippen LogP contribution in [0, 0.1) is 24.0 Å². The molecule has 6 nitrogen and oxygen atoms in total. The predicted molar refractivity (Wildman–Crippen MR) is 67.9 cm³/mol. The van der Waals surface area contributed by atoms with Crippen LogP contribution in [0.15, 0.2) is 30.5 Å². The highest BCUT2D eigenvalue weighted by Gasteiger charge is 2.06. The van der Waals surface area contributed by atoms with E-state index in [1.165, 1.54) is 12.1 Å². The number of nitrogens with zero attached hydrogens (tertiary/aromatic N) is 3. The standard InChI is InChI=1S/C12H12N4O2/c1-8-7-13-12(14-9(8)2)15-10-4-3-5-11(6-10)16(17)18/h3-7H,1-2H3,(H,13,14,15). The summed E-state index contributed by atoms with van der Waals surface area (Å²) in [5.74, 6) is 0.429. The van der Waals surface area contributed by atoms with E-state index in [1.807, 2.05) is 13.8 Å². The molecule has 0 saturated carbocycles. The molecule has 0 unspecified atom stereocenters. The van der Waals surface area contributed by atoms with Crippen molar-refractivity contribution in [3.05, 3.63) is 51.8 Å². The zero-order chi connectivity index (χ0) is 13.1. The van der Waals surface area contributed by atoms with Gasteiger partial charge in [0.25, 0.3) is 5.69 Å².